The van der Waals surface area contributed by atoms with Crippen LogP contribution in [0.15, 0.2) is 30.6 Å². The highest BCUT2D eigenvalue weighted by atomic mass is 35.5. The van der Waals surface area contributed by atoms with E-state index >= 15 is 0 Å². The number of rotatable bonds is 7. The van der Waals surface area contributed by atoms with Gasteiger partial charge in [-0.1, -0.05) is 0 Å². The lowest BCUT2D eigenvalue weighted by Gasteiger charge is -2.06. The molecule has 0 aliphatic rings. The third-order valence-corrected chi connectivity index (χ3v) is 3.28. The molecule has 3 N–H and O–H groups in total. The number of carboxylic acids is 1. The highest BCUT2D eigenvalue weighted by Crippen LogP contribution is 2.26. The van der Waals surface area contributed by atoms with Gasteiger partial charge >= 0.3 is 12.0 Å². The molecular weight excluding hydrogens is 400 g/mol. The Morgan fingerprint density at radius 2 is 2.00 bits per heavy atom. The predicted molar refractivity (Wildman–Crippen MR) is 92.8 cm³/mol. The van der Waals surface area contributed by atoms with Crippen molar-refractivity contribution in [1.82, 2.24) is 30.2 Å². The first-order chi connectivity index (χ1) is 12.9. The fourth-order valence-electron chi connectivity index (χ4n) is 2.11. The molecule has 1 atom stereocenters. The normalized spacial score (nSPS) is 11.5. The fourth-order valence-corrected chi connectivity index (χ4v) is 2.11. The van der Waals surface area contributed by atoms with E-state index in [1.807, 2.05) is 0 Å². The molecule has 0 aliphatic heterocycles. The van der Waals surface area contributed by atoms with Crippen LogP contribution in [0.5, 0.6) is 11.8 Å². The highest BCUT2D eigenvalue weighted by Gasteiger charge is 2.14. The number of tetrazole rings is 1. The zero-order valence-electron chi connectivity index (χ0n) is 14.1. The summed E-state index contributed by atoms with van der Waals surface area (Å²) in [6.45, 7) is 0.0465. The van der Waals surface area contributed by atoms with Crippen molar-refractivity contribution in [2.24, 2.45) is 5.73 Å². The summed E-state index contributed by atoms with van der Waals surface area (Å²) in [5.74, 6) is -2.46. The molecule has 1 aromatic carbocycles. The first-order valence-corrected chi connectivity index (χ1v) is 7.61. The summed E-state index contributed by atoms with van der Waals surface area (Å²) in [6.07, 6.45) is 1.54. The SMILES string of the molecule is Cl.NC(CC(=O)O)Cn1nnc(-c2ccc(Oc3ncc(F)cn3)c(F)c2)n1. The van der Waals surface area contributed by atoms with Gasteiger partial charge in [-0.05, 0) is 23.4 Å². The summed E-state index contributed by atoms with van der Waals surface area (Å²) in [5.41, 5.74) is 5.98. The lowest BCUT2D eigenvalue weighted by Crippen LogP contribution is -2.30. The van der Waals surface area contributed by atoms with Crippen LogP contribution < -0.4 is 10.5 Å². The molecule has 0 amide bonds. The van der Waals surface area contributed by atoms with E-state index in [4.69, 9.17) is 15.6 Å². The summed E-state index contributed by atoms with van der Waals surface area (Å²) in [6, 6.07) is 3.03. The van der Waals surface area contributed by atoms with Crippen LogP contribution in [0.2, 0.25) is 0 Å². The van der Waals surface area contributed by atoms with Crippen LogP contribution in [0.1, 0.15) is 6.42 Å². The number of hydrogen-bond donors (Lipinski definition) is 2. The van der Waals surface area contributed by atoms with Crippen molar-refractivity contribution in [3.05, 3.63) is 42.2 Å². The Labute approximate surface area is 162 Å². The Morgan fingerprint density at radius 3 is 2.64 bits per heavy atom. The van der Waals surface area contributed by atoms with Gasteiger partial charge in [-0.3, -0.25) is 4.79 Å². The molecule has 0 bridgehead atoms. The molecule has 2 aromatic heterocycles. The highest BCUT2D eigenvalue weighted by molar-refractivity contribution is 5.85. The molecule has 13 heteroatoms. The van der Waals surface area contributed by atoms with E-state index in [1.54, 1.807) is 0 Å². The van der Waals surface area contributed by atoms with Crippen molar-refractivity contribution in [2.45, 2.75) is 19.0 Å². The average molecular weight is 414 g/mol. The molecular formula is C15H14ClF2N7O3. The molecule has 28 heavy (non-hydrogen) atoms. The maximum absolute atomic E-state index is 14.2. The quantitative estimate of drug-likeness (QED) is 0.587. The smallest absolute Gasteiger partial charge is 0.322 e. The number of carboxylic acid groups (broad SMARTS) is 1. The number of hydrogen-bond acceptors (Lipinski definition) is 8. The third kappa shape index (κ3) is 5.37. The van der Waals surface area contributed by atoms with Crippen molar-refractivity contribution in [2.75, 3.05) is 0 Å². The van der Waals surface area contributed by atoms with Gasteiger partial charge in [0.05, 0.1) is 25.4 Å². The molecule has 2 heterocycles. The van der Waals surface area contributed by atoms with Gasteiger partial charge in [0.1, 0.15) is 0 Å². The van der Waals surface area contributed by atoms with E-state index in [2.05, 4.69) is 25.4 Å². The van der Waals surface area contributed by atoms with Crippen LogP contribution in [0.3, 0.4) is 0 Å². The van der Waals surface area contributed by atoms with Crippen LogP contribution in [-0.2, 0) is 11.3 Å². The number of nitrogens with two attached hydrogens (primary N) is 1. The van der Waals surface area contributed by atoms with E-state index in [1.165, 1.54) is 12.1 Å². The van der Waals surface area contributed by atoms with Gasteiger partial charge in [0.25, 0.3) is 0 Å². The Hall–Kier alpha value is -3.25. The second-order valence-corrected chi connectivity index (χ2v) is 5.46. The van der Waals surface area contributed by atoms with E-state index in [-0.39, 0.29) is 43.0 Å². The third-order valence-electron chi connectivity index (χ3n) is 3.28. The molecule has 0 aliphatic carbocycles. The number of nitrogens with zero attached hydrogens (tertiary/aromatic N) is 6. The van der Waals surface area contributed by atoms with E-state index in [9.17, 15) is 13.6 Å². The van der Waals surface area contributed by atoms with Gasteiger partial charge < -0.3 is 15.6 Å². The largest absolute Gasteiger partial charge is 0.481 e. The monoisotopic (exact) mass is 413 g/mol. The van der Waals surface area contributed by atoms with Gasteiger partial charge in [-0.15, -0.1) is 22.6 Å². The van der Waals surface area contributed by atoms with Crippen LogP contribution in [0, 0.1) is 11.6 Å². The van der Waals surface area contributed by atoms with Gasteiger partial charge in [-0.25, -0.2) is 18.7 Å². The van der Waals surface area contributed by atoms with Crippen LogP contribution in [0.25, 0.3) is 11.4 Å². The maximum Gasteiger partial charge on any atom is 0.322 e. The van der Waals surface area contributed by atoms with Crippen molar-refractivity contribution >= 4 is 18.4 Å². The molecule has 3 aromatic rings. The number of aromatic nitrogens is 6. The maximum atomic E-state index is 14.2. The summed E-state index contributed by atoms with van der Waals surface area (Å²) < 4.78 is 32.2. The Balaban J connectivity index is 0.00000280. The second-order valence-electron chi connectivity index (χ2n) is 5.46. The minimum Gasteiger partial charge on any atom is -0.481 e. The molecule has 148 valence electrons. The standard InChI is InChI=1S/C15H13F2N7O3.ClH/c16-9-5-19-15(20-6-9)27-12-2-1-8(3-11(12)17)14-21-23-24(22-14)7-10(18)4-13(25)26;/h1-3,5-6,10H,4,7,18H2,(H,25,26);1H. The van der Waals surface area contributed by atoms with Gasteiger partial charge in [-0.2, -0.15) is 4.80 Å². The fraction of sp³-hybridized carbons (Fsp3) is 0.200. The number of benzene rings is 1. The van der Waals surface area contributed by atoms with Crippen molar-refractivity contribution in [3.63, 3.8) is 0 Å². The van der Waals surface area contributed by atoms with Gasteiger partial charge in [0, 0.05) is 11.6 Å². The van der Waals surface area contributed by atoms with Crippen LogP contribution >= 0.6 is 12.4 Å². The zero-order valence-corrected chi connectivity index (χ0v) is 14.9. The summed E-state index contributed by atoms with van der Waals surface area (Å²) in [7, 11) is 0. The molecule has 10 nitrogen and oxygen atoms in total. The summed E-state index contributed by atoms with van der Waals surface area (Å²) in [4.78, 5) is 18.9. The molecule has 0 saturated heterocycles. The number of aliphatic carboxylic acids is 1. The summed E-state index contributed by atoms with van der Waals surface area (Å²) >= 11 is 0. The van der Waals surface area contributed by atoms with E-state index in [0.29, 0.717) is 5.56 Å². The topological polar surface area (TPSA) is 142 Å². The first kappa shape index (κ1) is 21.1. The minimum absolute atomic E-state index is 0. The van der Waals surface area contributed by atoms with Crippen molar-refractivity contribution in [1.29, 1.82) is 0 Å². The minimum atomic E-state index is -1.04. The molecule has 0 fully saturated rings. The van der Waals surface area contributed by atoms with E-state index in [0.717, 1.165) is 23.3 Å². The zero-order chi connectivity index (χ0) is 19.4. The van der Waals surface area contributed by atoms with Crippen molar-refractivity contribution in [3.8, 4) is 23.1 Å². The Morgan fingerprint density at radius 1 is 1.29 bits per heavy atom. The van der Waals surface area contributed by atoms with Gasteiger partial charge in [0.2, 0.25) is 5.82 Å². The Kier molecular flexibility index (Phi) is 6.84. The molecule has 1 unspecified atom stereocenters. The Bertz CT molecular complexity index is 955. The lowest BCUT2D eigenvalue weighted by molar-refractivity contribution is -0.137. The number of halogens is 3. The second kappa shape index (κ2) is 9.10. The summed E-state index contributed by atoms with van der Waals surface area (Å²) in [5, 5.41) is 20.3. The average Bonchev–Trinajstić information content (AvgIpc) is 3.06. The van der Waals surface area contributed by atoms with Crippen LogP contribution in [0.4, 0.5) is 8.78 Å². The molecule has 3 rings (SSSR count). The number of ether oxygens (including phenoxy) is 1. The number of carbonyl (C=O) groups is 1. The van der Waals surface area contributed by atoms with Gasteiger partial charge in [0.15, 0.2) is 17.4 Å². The first-order valence-electron chi connectivity index (χ1n) is 7.61. The molecule has 0 radical (unpaired) electrons. The predicted octanol–water partition coefficient (Wildman–Crippen LogP) is 1.42. The molecule has 0 saturated carbocycles. The van der Waals surface area contributed by atoms with E-state index < -0.39 is 23.6 Å². The molecule has 0 spiro atoms. The van der Waals surface area contributed by atoms with Crippen LogP contribution in [-0.4, -0.2) is 47.3 Å². The lowest BCUT2D eigenvalue weighted by atomic mass is 10.2. The van der Waals surface area contributed by atoms with Crippen molar-refractivity contribution < 1.29 is 23.4 Å².